The highest BCUT2D eigenvalue weighted by atomic mass is 35.5. The number of nitrogens with zero attached hydrogens (tertiary/aromatic N) is 4. The van der Waals surface area contributed by atoms with Gasteiger partial charge >= 0.3 is 6.09 Å². The summed E-state index contributed by atoms with van der Waals surface area (Å²) < 4.78 is 5.48. The first kappa shape index (κ1) is 19.1. The Morgan fingerprint density at radius 3 is 2.75 bits per heavy atom. The maximum Gasteiger partial charge on any atom is 0.410 e. The third-order valence-electron chi connectivity index (χ3n) is 3.76. The molecule has 134 valence electrons. The predicted molar refractivity (Wildman–Crippen MR) is 98.1 cm³/mol. The third-order valence-corrected chi connectivity index (χ3v) is 4.84. The molecule has 1 aromatic rings. The van der Waals surface area contributed by atoms with Crippen LogP contribution in [0.5, 0.6) is 0 Å². The van der Waals surface area contributed by atoms with E-state index in [9.17, 15) is 4.79 Å². The molecule has 24 heavy (non-hydrogen) atoms. The first-order valence-corrected chi connectivity index (χ1v) is 9.66. The van der Waals surface area contributed by atoms with Crippen molar-refractivity contribution in [2.75, 3.05) is 30.8 Å². The van der Waals surface area contributed by atoms with Gasteiger partial charge in [0.25, 0.3) is 0 Å². The van der Waals surface area contributed by atoms with Gasteiger partial charge in [-0.2, -0.15) is 0 Å². The van der Waals surface area contributed by atoms with Gasteiger partial charge in [0, 0.05) is 25.7 Å². The number of ether oxygens (including phenoxy) is 1. The predicted octanol–water partition coefficient (Wildman–Crippen LogP) is 3.69. The second kappa shape index (κ2) is 7.78. The number of hydrogen-bond acceptors (Lipinski definition) is 6. The van der Waals surface area contributed by atoms with Crippen LogP contribution in [0.2, 0.25) is 5.02 Å². The molecule has 2 heterocycles. The van der Waals surface area contributed by atoms with Gasteiger partial charge in [-0.25, -0.2) is 14.8 Å². The van der Waals surface area contributed by atoms with Crippen LogP contribution in [0, 0.1) is 0 Å². The number of rotatable bonds is 3. The van der Waals surface area contributed by atoms with E-state index in [1.165, 1.54) is 11.8 Å². The van der Waals surface area contributed by atoms with Gasteiger partial charge in [-0.1, -0.05) is 18.5 Å². The summed E-state index contributed by atoms with van der Waals surface area (Å²) in [6.07, 6.45) is 4.21. The van der Waals surface area contributed by atoms with Crippen molar-refractivity contribution in [3.05, 3.63) is 11.2 Å². The van der Waals surface area contributed by atoms with Gasteiger partial charge in [-0.05, 0) is 33.4 Å². The normalized spacial score (nSPS) is 18.7. The Labute approximate surface area is 152 Å². The number of halogens is 1. The number of hydrogen-bond donors (Lipinski definition) is 0. The molecule has 1 atom stereocenters. The number of anilines is 1. The van der Waals surface area contributed by atoms with Crippen LogP contribution in [0.4, 0.5) is 10.7 Å². The van der Waals surface area contributed by atoms with Crippen molar-refractivity contribution in [3.8, 4) is 0 Å². The molecule has 0 N–H and O–H groups in total. The smallest absolute Gasteiger partial charge is 0.410 e. The van der Waals surface area contributed by atoms with Crippen LogP contribution in [0.15, 0.2) is 11.2 Å². The van der Waals surface area contributed by atoms with E-state index in [2.05, 4.69) is 21.8 Å². The van der Waals surface area contributed by atoms with Crippen molar-refractivity contribution in [1.82, 2.24) is 14.9 Å². The van der Waals surface area contributed by atoms with Crippen LogP contribution in [0.1, 0.15) is 34.1 Å². The molecule has 2 rings (SSSR count). The average Bonchev–Trinajstić information content (AvgIpc) is 2.53. The van der Waals surface area contributed by atoms with Crippen molar-refractivity contribution in [2.24, 2.45) is 0 Å². The largest absolute Gasteiger partial charge is 0.444 e. The average molecular weight is 373 g/mol. The molecule has 0 spiro atoms. The molecule has 0 aliphatic carbocycles. The lowest BCUT2D eigenvalue weighted by Crippen LogP contribution is -2.56. The first-order valence-electron chi connectivity index (χ1n) is 8.06. The summed E-state index contributed by atoms with van der Waals surface area (Å²) in [5, 5.41) is 1.33. The van der Waals surface area contributed by atoms with Crippen molar-refractivity contribution in [3.63, 3.8) is 0 Å². The molecule has 0 aromatic carbocycles. The molecule has 1 aliphatic heterocycles. The number of carbonyl (C=O) groups is 1. The van der Waals surface area contributed by atoms with Gasteiger partial charge in [0.1, 0.15) is 10.6 Å². The van der Waals surface area contributed by atoms with E-state index in [1.807, 2.05) is 27.0 Å². The Morgan fingerprint density at radius 2 is 2.17 bits per heavy atom. The fourth-order valence-corrected chi connectivity index (χ4v) is 3.33. The zero-order valence-corrected chi connectivity index (χ0v) is 16.4. The van der Waals surface area contributed by atoms with Gasteiger partial charge in [0.15, 0.2) is 0 Å². The quantitative estimate of drug-likeness (QED) is 0.595. The molecule has 0 saturated carbocycles. The molecular formula is C16H25ClN4O2S. The van der Waals surface area contributed by atoms with Crippen LogP contribution in [0.3, 0.4) is 0 Å². The summed E-state index contributed by atoms with van der Waals surface area (Å²) in [6, 6.07) is 0.155. The lowest BCUT2D eigenvalue weighted by Gasteiger charge is -2.41. The summed E-state index contributed by atoms with van der Waals surface area (Å²) in [5.74, 6) is 0.666. The second-order valence-corrected chi connectivity index (χ2v) is 7.91. The lowest BCUT2D eigenvalue weighted by molar-refractivity contribution is 0.0212. The van der Waals surface area contributed by atoms with Crippen LogP contribution < -0.4 is 4.90 Å². The zero-order chi connectivity index (χ0) is 17.9. The van der Waals surface area contributed by atoms with E-state index >= 15 is 0 Å². The van der Waals surface area contributed by atoms with E-state index in [4.69, 9.17) is 16.3 Å². The second-order valence-electron chi connectivity index (χ2n) is 6.71. The van der Waals surface area contributed by atoms with Gasteiger partial charge in [0.05, 0.1) is 11.2 Å². The minimum atomic E-state index is -0.484. The van der Waals surface area contributed by atoms with E-state index in [0.29, 0.717) is 30.6 Å². The maximum absolute atomic E-state index is 12.3. The summed E-state index contributed by atoms with van der Waals surface area (Å²) >= 11 is 7.60. The van der Waals surface area contributed by atoms with Gasteiger partial charge < -0.3 is 14.5 Å². The summed E-state index contributed by atoms with van der Waals surface area (Å²) in [5.41, 5.74) is -0.484. The van der Waals surface area contributed by atoms with Crippen molar-refractivity contribution >= 4 is 35.4 Å². The number of aromatic nitrogens is 2. The highest BCUT2D eigenvalue weighted by molar-refractivity contribution is 7.98. The molecule has 1 fully saturated rings. The summed E-state index contributed by atoms with van der Waals surface area (Å²) in [6.45, 7) is 9.60. The molecule has 1 amide bonds. The number of carbonyl (C=O) groups excluding carboxylic acids is 1. The highest BCUT2D eigenvalue weighted by Crippen LogP contribution is 2.26. The van der Waals surface area contributed by atoms with Crippen LogP contribution in [-0.2, 0) is 4.74 Å². The van der Waals surface area contributed by atoms with Crippen molar-refractivity contribution in [1.29, 1.82) is 0 Å². The van der Waals surface area contributed by atoms with Gasteiger partial charge in [-0.3, -0.25) is 0 Å². The Morgan fingerprint density at radius 1 is 1.46 bits per heavy atom. The maximum atomic E-state index is 12.3. The Balaban J connectivity index is 2.12. The minimum absolute atomic E-state index is 0.155. The van der Waals surface area contributed by atoms with E-state index in [0.717, 1.165) is 11.4 Å². The Kier molecular flexibility index (Phi) is 6.20. The van der Waals surface area contributed by atoms with Crippen molar-refractivity contribution in [2.45, 2.75) is 50.8 Å². The molecule has 1 saturated heterocycles. The molecule has 0 bridgehead atoms. The fraction of sp³-hybridized carbons (Fsp3) is 0.688. The molecule has 8 heteroatoms. The standard InChI is InChI=1S/C16H25ClN4O2S/c1-6-11-10-20(15(22)23-16(2,3)4)7-8-21(11)14-18-9-12(17)13(19-14)24-5/h9,11H,6-8,10H2,1-5H3/t11-/m0/s1. The lowest BCUT2D eigenvalue weighted by atomic mass is 10.1. The highest BCUT2D eigenvalue weighted by Gasteiger charge is 2.32. The summed E-state index contributed by atoms with van der Waals surface area (Å²) in [4.78, 5) is 25.1. The van der Waals surface area contributed by atoms with Crippen LogP contribution in [-0.4, -0.2) is 58.5 Å². The zero-order valence-electron chi connectivity index (χ0n) is 14.9. The monoisotopic (exact) mass is 372 g/mol. The molecule has 0 unspecified atom stereocenters. The molecule has 6 nitrogen and oxygen atoms in total. The molecule has 1 aromatic heterocycles. The van der Waals surface area contributed by atoms with Crippen LogP contribution in [0.25, 0.3) is 0 Å². The van der Waals surface area contributed by atoms with E-state index in [-0.39, 0.29) is 12.1 Å². The molecular weight excluding hydrogens is 348 g/mol. The Bertz CT molecular complexity index is 594. The number of amides is 1. The summed E-state index contributed by atoms with van der Waals surface area (Å²) in [7, 11) is 0. The first-order chi connectivity index (χ1) is 11.2. The fourth-order valence-electron chi connectivity index (χ4n) is 2.58. The van der Waals surface area contributed by atoms with Gasteiger partial charge in [-0.15, -0.1) is 11.8 Å². The SMILES string of the molecule is CC[C@H]1CN(C(=O)OC(C)(C)C)CCN1c1ncc(Cl)c(SC)n1. The Hall–Kier alpha value is -1.21. The third kappa shape index (κ3) is 4.66. The molecule has 1 aliphatic rings. The number of piperazine rings is 1. The number of thioether (sulfide) groups is 1. The topological polar surface area (TPSA) is 58.6 Å². The van der Waals surface area contributed by atoms with Crippen molar-refractivity contribution < 1.29 is 9.53 Å². The minimum Gasteiger partial charge on any atom is -0.444 e. The molecule has 0 radical (unpaired) electrons. The van der Waals surface area contributed by atoms with E-state index < -0.39 is 5.60 Å². The van der Waals surface area contributed by atoms with Crippen LogP contribution >= 0.6 is 23.4 Å². The van der Waals surface area contributed by atoms with Gasteiger partial charge in [0.2, 0.25) is 5.95 Å². The van der Waals surface area contributed by atoms with E-state index in [1.54, 1.807) is 11.1 Å².